The summed E-state index contributed by atoms with van der Waals surface area (Å²) in [6.45, 7) is 0.372. The standard InChI is InChI=1S/C21H18ClN5O2/c1-29-20-11-19(26-8-2-3-9-26)18(22)10-17(20)21(28)24-12-15-4-6-16(7-5-15)27-14-23-13-25-27/h2-11,13-14H,12H2,1H3,(H,24,28). The lowest BCUT2D eigenvalue weighted by molar-refractivity contribution is 0.0948. The molecule has 0 fully saturated rings. The molecule has 2 heterocycles. The van der Waals surface area contributed by atoms with E-state index in [1.807, 2.05) is 53.4 Å². The second-order valence-electron chi connectivity index (χ2n) is 6.28. The quantitative estimate of drug-likeness (QED) is 0.529. The first kappa shape index (κ1) is 18.8. The first-order valence-corrected chi connectivity index (χ1v) is 9.26. The van der Waals surface area contributed by atoms with Crippen LogP contribution in [0.5, 0.6) is 5.75 Å². The molecule has 7 nitrogen and oxygen atoms in total. The van der Waals surface area contributed by atoms with Crippen molar-refractivity contribution in [1.29, 1.82) is 0 Å². The van der Waals surface area contributed by atoms with E-state index in [1.165, 1.54) is 13.4 Å². The number of hydrogen-bond acceptors (Lipinski definition) is 4. The Kier molecular flexibility index (Phi) is 5.31. The summed E-state index contributed by atoms with van der Waals surface area (Å²) < 4.78 is 8.95. The van der Waals surface area contributed by atoms with Gasteiger partial charge in [0.2, 0.25) is 0 Å². The molecule has 0 atom stereocenters. The maximum atomic E-state index is 12.7. The Morgan fingerprint density at radius 3 is 2.59 bits per heavy atom. The van der Waals surface area contributed by atoms with Crippen molar-refractivity contribution >= 4 is 17.5 Å². The van der Waals surface area contributed by atoms with Crippen molar-refractivity contribution < 1.29 is 9.53 Å². The molecule has 0 radical (unpaired) electrons. The monoisotopic (exact) mass is 407 g/mol. The summed E-state index contributed by atoms with van der Waals surface area (Å²) in [7, 11) is 1.53. The van der Waals surface area contributed by atoms with Gasteiger partial charge in [-0.15, -0.1) is 0 Å². The molecular formula is C21H18ClN5O2. The van der Waals surface area contributed by atoms with E-state index in [-0.39, 0.29) is 5.91 Å². The molecule has 0 unspecified atom stereocenters. The maximum Gasteiger partial charge on any atom is 0.255 e. The Morgan fingerprint density at radius 2 is 1.93 bits per heavy atom. The third kappa shape index (κ3) is 4.00. The zero-order valence-corrected chi connectivity index (χ0v) is 16.4. The van der Waals surface area contributed by atoms with Crippen LogP contribution >= 0.6 is 11.6 Å². The molecular weight excluding hydrogens is 390 g/mol. The minimum Gasteiger partial charge on any atom is -0.496 e. The van der Waals surface area contributed by atoms with E-state index < -0.39 is 0 Å². The number of nitrogens with one attached hydrogen (secondary N) is 1. The number of halogens is 1. The number of carbonyl (C=O) groups is 1. The van der Waals surface area contributed by atoms with Crippen molar-refractivity contribution in [3.63, 3.8) is 0 Å². The molecule has 0 spiro atoms. The predicted molar refractivity (Wildman–Crippen MR) is 110 cm³/mol. The Bertz CT molecular complexity index is 1110. The van der Waals surface area contributed by atoms with Crippen LogP contribution in [-0.4, -0.2) is 32.3 Å². The molecule has 0 bridgehead atoms. The summed E-state index contributed by atoms with van der Waals surface area (Å²) >= 11 is 6.41. The molecule has 4 rings (SSSR count). The van der Waals surface area contributed by atoms with Gasteiger partial charge >= 0.3 is 0 Å². The molecule has 1 N–H and O–H groups in total. The van der Waals surface area contributed by atoms with E-state index >= 15 is 0 Å². The number of aromatic nitrogens is 4. The topological polar surface area (TPSA) is 74.0 Å². The van der Waals surface area contributed by atoms with E-state index in [0.29, 0.717) is 22.9 Å². The molecule has 0 aliphatic rings. The average Bonchev–Trinajstić information content (AvgIpc) is 3.46. The highest BCUT2D eigenvalue weighted by Crippen LogP contribution is 2.30. The van der Waals surface area contributed by atoms with Gasteiger partial charge in [0.1, 0.15) is 18.4 Å². The molecule has 0 aliphatic carbocycles. The first-order valence-electron chi connectivity index (χ1n) is 8.89. The first-order chi connectivity index (χ1) is 14.2. The summed E-state index contributed by atoms with van der Waals surface area (Å²) in [6, 6.07) is 14.9. The van der Waals surface area contributed by atoms with Gasteiger partial charge in [0.15, 0.2) is 0 Å². The Balaban J connectivity index is 1.49. The van der Waals surface area contributed by atoms with Crippen molar-refractivity contribution in [2.24, 2.45) is 0 Å². The van der Waals surface area contributed by atoms with E-state index in [1.54, 1.807) is 23.1 Å². The van der Waals surface area contributed by atoms with Gasteiger partial charge in [-0.1, -0.05) is 23.7 Å². The van der Waals surface area contributed by atoms with Crippen LogP contribution in [0.4, 0.5) is 0 Å². The lowest BCUT2D eigenvalue weighted by Gasteiger charge is -2.14. The molecule has 0 aliphatic heterocycles. The van der Waals surface area contributed by atoms with Gasteiger partial charge in [0.25, 0.3) is 5.91 Å². The molecule has 0 saturated heterocycles. The summed E-state index contributed by atoms with van der Waals surface area (Å²) in [5, 5.41) is 7.46. The minimum absolute atomic E-state index is 0.261. The number of benzene rings is 2. The van der Waals surface area contributed by atoms with Gasteiger partial charge in [-0.3, -0.25) is 4.79 Å². The lowest BCUT2D eigenvalue weighted by Crippen LogP contribution is -2.23. The fraction of sp³-hybridized carbons (Fsp3) is 0.0952. The number of hydrogen-bond donors (Lipinski definition) is 1. The van der Waals surface area contributed by atoms with Crippen molar-refractivity contribution in [1.82, 2.24) is 24.6 Å². The Morgan fingerprint density at radius 1 is 1.17 bits per heavy atom. The van der Waals surface area contributed by atoms with Crippen LogP contribution in [0.25, 0.3) is 11.4 Å². The van der Waals surface area contributed by atoms with Crippen molar-refractivity contribution in [3.8, 4) is 17.1 Å². The predicted octanol–water partition coefficient (Wildman–Crippen LogP) is 3.65. The minimum atomic E-state index is -0.261. The van der Waals surface area contributed by atoms with Crippen molar-refractivity contribution in [2.75, 3.05) is 7.11 Å². The third-order valence-corrected chi connectivity index (χ3v) is 4.77. The van der Waals surface area contributed by atoms with E-state index in [9.17, 15) is 4.79 Å². The van der Waals surface area contributed by atoms with Crippen molar-refractivity contribution in [3.05, 3.63) is 89.7 Å². The molecule has 4 aromatic rings. The SMILES string of the molecule is COc1cc(-n2cccc2)c(Cl)cc1C(=O)NCc1ccc(-n2cncn2)cc1. The Hall–Kier alpha value is -3.58. The summed E-state index contributed by atoms with van der Waals surface area (Å²) in [5.41, 5.74) is 2.98. The van der Waals surface area contributed by atoms with Gasteiger partial charge in [-0.05, 0) is 35.9 Å². The Labute approximate surface area is 172 Å². The zero-order valence-electron chi connectivity index (χ0n) is 15.6. The average molecular weight is 408 g/mol. The fourth-order valence-electron chi connectivity index (χ4n) is 2.97. The molecule has 1 amide bonds. The maximum absolute atomic E-state index is 12.7. The van der Waals surface area contributed by atoms with Gasteiger partial charge in [0.05, 0.1) is 29.1 Å². The van der Waals surface area contributed by atoms with Crippen LogP contribution in [0.2, 0.25) is 5.02 Å². The van der Waals surface area contributed by atoms with Crippen LogP contribution < -0.4 is 10.1 Å². The molecule has 2 aromatic heterocycles. The second-order valence-corrected chi connectivity index (χ2v) is 6.69. The number of ether oxygens (including phenoxy) is 1. The largest absolute Gasteiger partial charge is 0.496 e. The summed E-state index contributed by atoms with van der Waals surface area (Å²) in [4.78, 5) is 16.7. The molecule has 8 heteroatoms. The number of nitrogens with zero attached hydrogens (tertiary/aromatic N) is 4. The number of amides is 1. The molecule has 146 valence electrons. The van der Waals surface area contributed by atoms with Gasteiger partial charge in [-0.25, -0.2) is 9.67 Å². The van der Waals surface area contributed by atoms with Gasteiger partial charge in [0, 0.05) is 25.0 Å². The molecule has 0 saturated carbocycles. The molecule has 2 aromatic carbocycles. The van der Waals surface area contributed by atoms with Gasteiger partial charge in [-0.2, -0.15) is 5.10 Å². The number of rotatable bonds is 6. The highest BCUT2D eigenvalue weighted by Gasteiger charge is 2.16. The summed E-state index contributed by atoms with van der Waals surface area (Å²) in [6.07, 6.45) is 6.87. The lowest BCUT2D eigenvalue weighted by atomic mass is 10.1. The number of carbonyl (C=O) groups excluding carboxylic acids is 1. The zero-order chi connectivity index (χ0) is 20.2. The number of methoxy groups -OCH3 is 1. The van der Waals surface area contributed by atoms with Crippen LogP contribution in [0.15, 0.2) is 73.6 Å². The highest BCUT2D eigenvalue weighted by atomic mass is 35.5. The van der Waals surface area contributed by atoms with E-state index in [4.69, 9.17) is 16.3 Å². The van der Waals surface area contributed by atoms with Crippen LogP contribution in [0.1, 0.15) is 15.9 Å². The van der Waals surface area contributed by atoms with Crippen molar-refractivity contribution in [2.45, 2.75) is 6.54 Å². The highest BCUT2D eigenvalue weighted by molar-refractivity contribution is 6.33. The van der Waals surface area contributed by atoms with Crippen LogP contribution in [0, 0.1) is 0 Å². The van der Waals surface area contributed by atoms with Crippen LogP contribution in [-0.2, 0) is 6.54 Å². The molecule has 29 heavy (non-hydrogen) atoms. The van der Waals surface area contributed by atoms with E-state index in [0.717, 1.165) is 16.9 Å². The van der Waals surface area contributed by atoms with Crippen LogP contribution in [0.3, 0.4) is 0 Å². The second kappa shape index (κ2) is 8.20. The summed E-state index contributed by atoms with van der Waals surface area (Å²) in [5.74, 6) is 0.195. The fourth-order valence-corrected chi connectivity index (χ4v) is 3.23. The van der Waals surface area contributed by atoms with E-state index in [2.05, 4.69) is 15.4 Å². The normalized spacial score (nSPS) is 10.7. The van der Waals surface area contributed by atoms with Gasteiger partial charge < -0.3 is 14.6 Å². The smallest absolute Gasteiger partial charge is 0.255 e. The third-order valence-electron chi connectivity index (χ3n) is 4.47.